The van der Waals surface area contributed by atoms with Gasteiger partial charge in [-0.1, -0.05) is 12.1 Å². The van der Waals surface area contributed by atoms with Gasteiger partial charge in [0.05, 0.1) is 12.2 Å². The molecule has 1 atom stereocenters. The topological polar surface area (TPSA) is 166 Å². The van der Waals surface area contributed by atoms with Crippen molar-refractivity contribution in [3.05, 3.63) is 52.6 Å². The first-order chi connectivity index (χ1) is 15.2. The second kappa shape index (κ2) is 9.35. The number of aromatic amines is 1. The minimum absolute atomic E-state index is 0.0168. The second-order valence-electron chi connectivity index (χ2n) is 6.71. The van der Waals surface area contributed by atoms with Crippen molar-refractivity contribution >= 4 is 17.5 Å². The van der Waals surface area contributed by atoms with E-state index >= 15 is 0 Å². The van der Waals surface area contributed by atoms with Crippen LogP contribution in [0, 0.1) is 5.82 Å². The molecule has 0 spiro atoms. The lowest BCUT2D eigenvalue weighted by Gasteiger charge is -2.15. The normalized spacial score (nSPS) is 11.6. The first kappa shape index (κ1) is 22.6. The van der Waals surface area contributed by atoms with Gasteiger partial charge >= 0.3 is 5.97 Å². The average molecular weight is 443 g/mol. The summed E-state index contributed by atoms with van der Waals surface area (Å²) >= 11 is 0. The maximum atomic E-state index is 14.1. The number of hydrogen-bond acceptors (Lipinski definition) is 8. The van der Waals surface area contributed by atoms with E-state index in [0.717, 1.165) is 0 Å². The van der Waals surface area contributed by atoms with Gasteiger partial charge in [0.25, 0.3) is 5.56 Å². The molecule has 0 aliphatic carbocycles. The van der Waals surface area contributed by atoms with Crippen molar-refractivity contribution < 1.29 is 23.8 Å². The predicted octanol–water partition coefficient (Wildman–Crippen LogP) is 2.36. The molecule has 2 aromatic carbocycles. The Balaban J connectivity index is 2.06. The first-order valence-corrected chi connectivity index (χ1v) is 9.58. The molecule has 0 aliphatic heterocycles. The van der Waals surface area contributed by atoms with Crippen molar-refractivity contribution in [1.82, 2.24) is 9.97 Å². The molecule has 10 nitrogen and oxygen atoms in total. The smallest absolute Gasteiger partial charge is 0.344 e. The Morgan fingerprint density at radius 3 is 2.53 bits per heavy atom. The lowest BCUT2D eigenvalue weighted by atomic mass is 10.0. The van der Waals surface area contributed by atoms with Gasteiger partial charge in [0.1, 0.15) is 17.3 Å². The molecule has 3 aromatic rings. The van der Waals surface area contributed by atoms with E-state index in [4.69, 9.17) is 26.2 Å². The van der Waals surface area contributed by atoms with Crippen LogP contribution < -0.4 is 32.0 Å². The number of carboxylic acid groups (broad SMARTS) is 1. The van der Waals surface area contributed by atoms with Crippen LogP contribution in [0.5, 0.6) is 11.5 Å². The van der Waals surface area contributed by atoms with Crippen molar-refractivity contribution in [1.29, 1.82) is 0 Å². The lowest BCUT2D eigenvalue weighted by Crippen LogP contribution is -2.23. The summed E-state index contributed by atoms with van der Waals surface area (Å²) in [7, 11) is 0. The minimum atomic E-state index is -1.22. The fourth-order valence-electron chi connectivity index (χ4n) is 2.91. The molecule has 0 bridgehead atoms. The van der Waals surface area contributed by atoms with Gasteiger partial charge in [-0.15, -0.1) is 0 Å². The van der Waals surface area contributed by atoms with E-state index in [2.05, 4.69) is 15.4 Å². The lowest BCUT2D eigenvalue weighted by molar-refractivity contribution is -0.144. The van der Waals surface area contributed by atoms with Gasteiger partial charge in [-0.2, -0.15) is 0 Å². The van der Waals surface area contributed by atoms with Crippen molar-refractivity contribution in [2.24, 2.45) is 5.84 Å². The number of H-pyrrole nitrogens is 1. The summed E-state index contributed by atoms with van der Waals surface area (Å²) in [6.45, 7) is 3.42. The summed E-state index contributed by atoms with van der Waals surface area (Å²) in [6, 6.07) is 9.17. The number of hydrazine groups is 1. The zero-order valence-corrected chi connectivity index (χ0v) is 17.3. The molecule has 0 saturated carbocycles. The number of carbonyl (C=O) groups is 1. The van der Waals surface area contributed by atoms with Gasteiger partial charge in [-0.05, 0) is 49.2 Å². The summed E-state index contributed by atoms with van der Waals surface area (Å²) in [6.07, 6.45) is -1.22. The van der Waals surface area contributed by atoms with Crippen LogP contribution in [0.3, 0.4) is 0 Å². The summed E-state index contributed by atoms with van der Waals surface area (Å²) in [5, 5.41) is 9.01. The highest BCUT2D eigenvalue weighted by atomic mass is 19.1. The van der Waals surface area contributed by atoms with Crippen LogP contribution in [-0.2, 0) is 4.79 Å². The molecule has 1 heterocycles. The maximum absolute atomic E-state index is 14.1. The highest BCUT2D eigenvalue weighted by Gasteiger charge is 2.18. The van der Waals surface area contributed by atoms with E-state index in [1.54, 1.807) is 25.1 Å². The van der Waals surface area contributed by atoms with Gasteiger partial charge < -0.3 is 30.7 Å². The van der Waals surface area contributed by atoms with Gasteiger partial charge in [-0.3, -0.25) is 4.79 Å². The molecule has 0 fully saturated rings. The zero-order valence-electron chi connectivity index (χ0n) is 17.3. The van der Waals surface area contributed by atoms with E-state index in [1.807, 2.05) is 0 Å². The SMILES string of the molecule is CCOc1cc(-c2ccc(F)c(OC(C)C(=O)O)c2)ccc1-c1nc(NN)c(N)c(=O)[nH]1. The Kier molecular flexibility index (Phi) is 6.59. The molecule has 0 radical (unpaired) electrons. The van der Waals surface area contributed by atoms with Crippen molar-refractivity contribution in [2.45, 2.75) is 20.0 Å². The Hall–Kier alpha value is -4.12. The van der Waals surface area contributed by atoms with Crippen LogP contribution in [0.4, 0.5) is 15.9 Å². The van der Waals surface area contributed by atoms with E-state index < -0.39 is 23.4 Å². The Morgan fingerprint density at radius 1 is 1.25 bits per heavy atom. The Bertz CT molecular complexity index is 1210. The van der Waals surface area contributed by atoms with E-state index in [9.17, 15) is 14.0 Å². The van der Waals surface area contributed by atoms with Gasteiger partial charge in [0.15, 0.2) is 23.5 Å². The highest BCUT2D eigenvalue weighted by Crippen LogP contribution is 2.35. The number of aromatic nitrogens is 2. The van der Waals surface area contributed by atoms with Crippen LogP contribution >= 0.6 is 0 Å². The number of nitrogen functional groups attached to an aromatic ring is 2. The van der Waals surface area contributed by atoms with Crippen LogP contribution in [0.1, 0.15) is 13.8 Å². The molecule has 1 aromatic heterocycles. The summed E-state index contributed by atoms with van der Waals surface area (Å²) < 4.78 is 25.0. The largest absolute Gasteiger partial charge is 0.493 e. The number of benzene rings is 2. The Labute approximate surface area is 182 Å². The van der Waals surface area contributed by atoms with E-state index in [-0.39, 0.29) is 23.1 Å². The molecule has 11 heteroatoms. The number of anilines is 2. The van der Waals surface area contributed by atoms with Crippen LogP contribution in [0.25, 0.3) is 22.5 Å². The minimum Gasteiger partial charge on any atom is -0.493 e. The average Bonchev–Trinajstić information content (AvgIpc) is 2.77. The summed E-state index contributed by atoms with van der Waals surface area (Å²) in [4.78, 5) is 29.9. The third kappa shape index (κ3) is 4.62. The van der Waals surface area contributed by atoms with E-state index in [0.29, 0.717) is 29.0 Å². The molecule has 1 unspecified atom stereocenters. The van der Waals surface area contributed by atoms with Gasteiger partial charge in [0, 0.05) is 0 Å². The van der Waals surface area contributed by atoms with Gasteiger partial charge in [0.2, 0.25) is 0 Å². The number of hydrogen-bond donors (Lipinski definition) is 5. The second-order valence-corrected chi connectivity index (χ2v) is 6.71. The molecule has 168 valence electrons. The number of rotatable bonds is 8. The molecule has 0 aliphatic rings. The predicted molar refractivity (Wildman–Crippen MR) is 117 cm³/mol. The van der Waals surface area contributed by atoms with Crippen LogP contribution in [0.2, 0.25) is 0 Å². The number of halogens is 1. The number of carboxylic acids is 1. The molecular formula is C21H22FN5O5. The molecule has 0 amide bonds. The first-order valence-electron chi connectivity index (χ1n) is 9.58. The standard InChI is InChI=1S/C21H22FN5O5/c1-3-31-15-8-11(12-5-7-14(22)16(9-12)32-10(2)21(29)30)4-6-13(15)18-25-19(27-24)17(23)20(28)26-18/h4-10H,3,23-24H2,1-2H3,(H,29,30)(H2,25,26,27,28). The van der Waals surface area contributed by atoms with Gasteiger partial charge in [-0.25, -0.2) is 20.0 Å². The van der Waals surface area contributed by atoms with Crippen molar-refractivity contribution in [3.63, 3.8) is 0 Å². The molecule has 0 saturated heterocycles. The van der Waals surface area contributed by atoms with Crippen molar-refractivity contribution in [2.75, 3.05) is 17.8 Å². The number of aliphatic carboxylic acids is 1. The third-order valence-electron chi connectivity index (χ3n) is 4.54. The maximum Gasteiger partial charge on any atom is 0.344 e. The molecule has 3 rings (SSSR count). The fraction of sp³-hybridized carbons (Fsp3) is 0.190. The highest BCUT2D eigenvalue weighted by molar-refractivity contribution is 5.76. The number of nitrogens with one attached hydrogen (secondary N) is 2. The summed E-state index contributed by atoms with van der Waals surface area (Å²) in [5.74, 6) is 3.89. The monoisotopic (exact) mass is 443 g/mol. The van der Waals surface area contributed by atoms with E-state index in [1.165, 1.54) is 25.1 Å². The quantitative estimate of drug-likeness (QED) is 0.259. The Morgan fingerprint density at radius 2 is 1.91 bits per heavy atom. The number of nitrogens with zero attached hydrogens (tertiary/aromatic N) is 1. The molecule has 7 N–H and O–H groups in total. The number of ether oxygens (including phenoxy) is 2. The van der Waals surface area contributed by atoms with Crippen molar-refractivity contribution in [3.8, 4) is 34.0 Å². The fourth-order valence-corrected chi connectivity index (χ4v) is 2.91. The van der Waals surface area contributed by atoms with Crippen LogP contribution in [0.15, 0.2) is 41.2 Å². The summed E-state index contributed by atoms with van der Waals surface area (Å²) in [5.41, 5.74) is 8.90. The van der Waals surface area contributed by atoms with Crippen LogP contribution in [-0.4, -0.2) is 33.8 Å². The molecular weight excluding hydrogens is 421 g/mol. The number of nitrogens with two attached hydrogens (primary N) is 2. The third-order valence-corrected chi connectivity index (χ3v) is 4.54. The molecule has 32 heavy (non-hydrogen) atoms. The zero-order chi connectivity index (χ0) is 23.4.